The van der Waals surface area contributed by atoms with Crippen molar-refractivity contribution < 1.29 is 14.6 Å². The fourth-order valence-corrected chi connectivity index (χ4v) is 4.34. The van der Waals surface area contributed by atoms with Gasteiger partial charge in [-0.2, -0.15) is 5.10 Å². The second kappa shape index (κ2) is 6.61. The van der Waals surface area contributed by atoms with E-state index < -0.39 is 5.97 Å². The number of ether oxygens (including phenoxy) is 1. The zero-order valence-electron chi connectivity index (χ0n) is 14.1. The van der Waals surface area contributed by atoms with Crippen LogP contribution in [0.15, 0.2) is 36.5 Å². The lowest BCUT2D eigenvalue weighted by Crippen LogP contribution is -2.40. The van der Waals surface area contributed by atoms with Crippen LogP contribution >= 0.6 is 0 Å². The molecule has 4 rings (SSSR count). The predicted octanol–water partition coefficient (Wildman–Crippen LogP) is 2.39. The van der Waals surface area contributed by atoms with Crippen LogP contribution in [0.25, 0.3) is 11.3 Å². The lowest BCUT2D eigenvalue weighted by Gasteiger charge is -2.36. The minimum absolute atomic E-state index is 0.152. The van der Waals surface area contributed by atoms with Crippen molar-refractivity contribution in [2.45, 2.75) is 19.4 Å². The molecule has 3 heterocycles. The molecule has 1 atom stereocenters. The summed E-state index contributed by atoms with van der Waals surface area (Å²) < 4.78 is 5.48. The standard InChI is InChI=1S/C19H23N3O3/c23-18(24)16-12-22(13-19(16)6-8-25-9-7-19)11-15-10-20-21-17(15)14-4-2-1-3-5-14/h1-5,10,16H,6-9,11-13H2,(H,20,21)(H,23,24). The Bertz CT molecular complexity index is 737. The van der Waals surface area contributed by atoms with Gasteiger partial charge in [-0.05, 0) is 18.4 Å². The average Bonchev–Trinajstić information content (AvgIpc) is 3.22. The smallest absolute Gasteiger partial charge is 0.308 e. The number of hydrogen-bond donors (Lipinski definition) is 2. The monoisotopic (exact) mass is 341 g/mol. The van der Waals surface area contributed by atoms with E-state index in [1.54, 1.807) is 0 Å². The summed E-state index contributed by atoms with van der Waals surface area (Å²) in [7, 11) is 0. The minimum Gasteiger partial charge on any atom is -0.481 e. The molecule has 2 aliphatic rings. The SMILES string of the molecule is O=C(O)C1CN(Cc2cn[nH]c2-c2ccccc2)CC12CCOCC2. The van der Waals surface area contributed by atoms with Crippen molar-refractivity contribution in [2.75, 3.05) is 26.3 Å². The van der Waals surface area contributed by atoms with Crippen molar-refractivity contribution >= 4 is 5.97 Å². The summed E-state index contributed by atoms with van der Waals surface area (Å²) in [5.41, 5.74) is 3.07. The van der Waals surface area contributed by atoms with Gasteiger partial charge in [0.2, 0.25) is 0 Å². The molecule has 0 bridgehead atoms. The van der Waals surface area contributed by atoms with Gasteiger partial charge in [-0.3, -0.25) is 14.8 Å². The van der Waals surface area contributed by atoms with Gasteiger partial charge in [0.1, 0.15) is 0 Å². The molecule has 2 saturated heterocycles. The van der Waals surface area contributed by atoms with Crippen LogP contribution in [-0.2, 0) is 16.1 Å². The van der Waals surface area contributed by atoms with E-state index in [0.717, 1.165) is 36.2 Å². The summed E-state index contributed by atoms with van der Waals surface area (Å²) in [6.45, 7) is 3.45. The first-order valence-electron chi connectivity index (χ1n) is 8.78. The Morgan fingerprint density at radius 3 is 2.80 bits per heavy atom. The average molecular weight is 341 g/mol. The molecule has 2 aliphatic heterocycles. The molecule has 25 heavy (non-hydrogen) atoms. The number of carbonyl (C=O) groups is 1. The molecule has 0 amide bonds. The van der Waals surface area contributed by atoms with Gasteiger partial charge in [0, 0.05) is 43.8 Å². The van der Waals surface area contributed by atoms with Crippen molar-refractivity contribution in [3.05, 3.63) is 42.1 Å². The van der Waals surface area contributed by atoms with E-state index in [-0.39, 0.29) is 11.3 Å². The maximum Gasteiger partial charge on any atom is 0.308 e. The first-order valence-corrected chi connectivity index (χ1v) is 8.78. The molecular weight excluding hydrogens is 318 g/mol. The first-order chi connectivity index (χ1) is 12.2. The second-order valence-corrected chi connectivity index (χ2v) is 7.17. The highest BCUT2D eigenvalue weighted by Crippen LogP contribution is 2.45. The van der Waals surface area contributed by atoms with E-state index in [1.165, 1.54) is 0 Å². The number of aliphatic carboxylic acids is 1. The summed E-state index contributed by atoms with van der Waals surface area (Å²) in [5.74, 6) is -0.997. The topological polar surface area (TPSA) is 78.5 Å². The van der Waals surface area contributed by atoms with Crippen LogP contribution in [-0.4, -0.2) is 52.5 Å². The lowest BCUT2D eigenvalue weighted by atomic mass is 9.72. The Morgan fingerprint density at radius 2 is 2.08 bits per heavy atom. The normalized spacial score (nSPS) is 23.1. The van der Waals surface area contributed by atoms with Crippen LogP contribution in [0.1, 0.15) is 18.4 Å². The molecule has 0 aliphatic carbocycles. The van der Waals surface area contributed by atoms with E-state index in [2.05, 4.69) is 27.2 Å². The van der Waals surface area contributed by atoms with Gasteiger partial charge in [0.25, 0.3) is 0 Å². The second-order valence-electron chi connectivity index (χ2n) is 7.17. The third-order valence-corrected chi connectivity index (χ3v) is 5.68. The lowest BCUT2D eigenvalue weighted by molar-refractivity contribution is -0.146. The molecule has 6 heteroatoms. The summed E-state index contributed by atoms with van der Waals surface area (Å²) >= 11 is 0. The molecule has 6 nitrogen and oxygen atoms in total. The Morgan fingerprint density at radius 1 is 1.32 bits per heavy atom. The molecule has 2 fully saturated rings. The number of rotatable bonds is 4. The summed E-state index contributed by atoms with van der Waals surface area (Å²) in [4.78, 5) is 14.1. The zero-order chi connectivity index (χ0) is 17.3. The molecule has 1 spiro atoms. The van der Waals surface area contributed by atoms with E-state index in [1.807, 2.05) is 24.4 Å². The van der Waals surface area contributed by atoms with Crippen LogP contribution < -0.4 is 0 Å². The molecule has 132 valence electrons. The number of likely N-dealkylation sites (tertiary alicyclic amines) is 1. The van der Waals surface area contributed by atoms with Gasteiger partial charge >= 0.3 is 5.97 Å². The summed E-state index contributed by atoms with van der Waals surface area (Å²) in [6, 6.07) is 10.1. The Labute approximate surface area is 146 Å². The highest BCUT2D eigenvalue weighted by atomic mass is 16.5. The minimum atomic E-state index is -0.681. The molecule has 2 aromatic rings. The zero-order valence-corrected chi connectivity index (χ0v) is 14.1. The number of hydrogen-bond acceptors (Lipinski definition) is 4. The van der Waals surface area contributed by atoms with Crippen LogP contribution in [0, 0.1) is 11.3 Å². The van der Waals surface area contributed by atoms with Crippen molar-refractivity contribution in [3.63, 3.8) is 0 Å². The summed E-state index contributed by atoms with van der Waals surface area (Å²) in [5, 5.41) is 17.0. The highest BCUT2D eigenvalue weighted by Gasteiger charge is 2.50. The number of nitrogens with zero attached hydrogens (tertiary/aromatic N) is 2. The van der Waals surface area contributed by atoms with Crippen LogP contribution in [0.4, 0.5) is 0 Å². The molecule has 1 unspecified atom stereocenters. The number of aromatic amines is 1. The van der Waals surface area contributed by atoms with Crippen molar-refractivity contribution in [3.8, 4) is 11.3 Å². The number of H-pyrrole nitrogens is 1. The van der Waals surface area contributed by atoms with E-state index >= 15 is 0 Å². The first kappa shape index (κ1) is 16.3. The van der Waals surface area contributed by atoms with Crippen molar-refractivity contribution in [2.24, 2.45) is 11.3 Å². The van der Waals surface area contributed by atoms with E-state index in [0.29, 0.717) is 26.3 Å². The maximum atomic E-state index is 11.8. The van der Waals surface area contributed by atoms with Crippen molar-refractivity contribution in [1.29, 1.82) is 0 Å². The van der Waals surface area contributed by atoms with Crippen LogP contribution in [0.5, 0.6) is 0 Å². The van der Waals surface area contributed by atoms with Crippen LogP contribution in [0.3, 0.4) is 0 Å². The van der Waals surface area contributed by atoms with Gasteiger partial charge in [-0.1, -0.05) is 30.3 Å². The number of nitrogens with one attached hydrogen (secondary N) is 1. The third kappa shape index (κ3) is 3.07. The summed E-state index contributed by atoms with van der Waals surface area (Å²) in [6.07, 6.45) is 3.52. The molecule has 1 aromatic carbocycles. The van der Waals surface area contributed by atoms with Gasteiger partial charge in [-0.15, -0.1) is 0 Å². The Balaban J connectivity index is 1.55. The molecule has 0 radical (unpaired) electrons. The molecule has 1 aromatic heterocycles. The number of aromatic nitrogens is 2. The number of carboxylic acids is 1. The maximum absolute atomic E-state index is 11.8. The van der Waals surface area contributed by atoms with Gasteiger partial charge in [-0.25, -0.2) is 0 Å². The fraction of sp³-hybridized carbons (Fsp3) is 0.474. The number of benzene rings is 1. The van der Waals surface area contributed by atoms with E-state index in [4.69, 9.17) is 4.74 Å². The molecule has 0 saturated carbocycles. The Kier molecular flexibility index (Phi) is 4.31. The van der Waals surface area contributed by atoms with Crippen LogP contribution in [0.2, 0.25) is 0 Å². The van der Waals surface area contributed by atoms with Gasteiger partial charge < -0.3 is 9.84 Å². The largest absolute Gasteiger partial charge is 0.481 e. The van der Waals surface area contributed by atoms with Crippen molar-refractivity contribution in [1.82, 2.24) is 15.1 Å². The fourth-order valence-electron chi connectivity index (χ4n) is 4.34. The van der Waals surface area contributed by atoms with E-state index in [9.17, 15) is 9.90 Å². The Hall–Kier alpha value is -2.18. The van der Waals surface area contributed by atoms with Gasteiger partial charge in [0.05, 0.1) is 17.8 Å². The predicted molar refractivity (Wildman–Crippen MR) is 92.9 cm³/mol. The highest BCUT2D eigenvalue weighted by molar-refractivity contribution is 5.72. The third-order valence-electron chi connectivity index (χ3n) is 5.68. The van der Waals surface area contributed by atoms with Gasteiger partial charge in [0.15, 0.2) is 0 Å². The number of carboxylic acid groups (broad SMARTS) is 1. The quantitative estimate of drug-likeness (QED) is 0.893. The molecular formula is C19H23N3O3. The molecule has 2 N–H and O–H groups in total.